The van der Waals surface area contributed by atoms with Gasteiger partial charge in [0.25, 0.3) is 11.8 Å². The van der Waals surface area contributed by atoms with Crippen LogP contribution in [0.25, 0.3) is 0 Å². The molecule has 0 unspecified atom stereocenters. The number of anilines is 2. The molecule has 1 aliphatic heterocycles. The van der Waals surface area contributed by atoms with E-state index in [2.05, 4.69) is 32.6 Å². The van der Waals surface area contributed by atoms with Crippen LogP contribution in [0.2, 0.25) is 0 Å². The predicted octanol–water partition coefficient (Wildman–Crippen LogP) is 3.82. The summed E-state index contributed by atoms with van der Waals surface area (Å²) in [7, 11) is 1.25. The summed E-state index contributed by atoms with van der Waals surface area (Å²) < 4.78 is 5.72. The Kier molecular flexibility index (Phi) is 5.52. The van der Waals surface area contributed by atoms with E-state index < -0.39 is 17.8 Å². The lowest BCUT2D eigenvalue weighted by molar-refractivity contribution is -0.120. The van der Waals surface area contributed by atoms with Crippen LogP contribution in [-0.2, 0) is 14.3 Å². The van der Waals surface area contributed by atoms with Gasteiger partial charge in [0.05, 0.1) is 18.4 Å². The second-order valence-corrected chi connectivity index (χ2v) is 7.38. The number of amides is 2. The third-order valence-corrected chi connectivity index (χ3v) is 5.02. The van der Waals surface area contributed by atoms with Gasteiger partial charge in [0.15, 0.2) is 0 Å². The lowest BCUT2D eigenvalue weighted by Crippen LogP contribution is -2.32. The lowest BCUT2D eigenvalue weighted by Gasteiger charge is -2.16. The molecule has 0 atom stereocenters. The Morgan fingerprint density at radius 1 is 1.15 bits per heavy atom. The quantitative estimate of drug-likeness (QED) is 0.396. The van der Waals surface area contributed by atoms with Gasteiger partial charge < -0.3 is 10.1 Å². The molecule has 0 spiro atoms. The average molecular weight is 497 g/mol. The van der Waals surface area contributed by atoms with E-state index in [0.717, 1.165) is 14.0 Å². The number of esters is 1. The van der Waals surface area contributed by atoms with Crippen molar-refractivity contribution in [3.05, 3.63) is 67.9 Å². The molecule has 1 N–H and O–H groups in total. The molecule has 3 rings (SSSR count). The molecule has 138 valence electrons. The Morgan fingerprint density at radius 3 is 2.56 bits per heavy atom. The van der Waals surface area contributed by atoms with E-state index in [9.17, 15) is 14.4 Å². The molecule has 2 aromatic rings. The molecule has 0 bridgehead atoms. The van der Waals surface area contributed by atoms with Gasteiger partial charge in [-0.05, 0) is 71.5 Å². The number of nitrogens with one attached hydrogen (secondary N) is 1. The van der Waals surface area contributed by atoms with Crippen molar-refractivity contribution in [3.63, 3.8) is 0 Å². The van der Waals surface area contributed by atoms with Gasteiger partial charge in [-0.1, -0.05) is 17.7 Å². The molecule has 0 radical (unpaired) electrons. The molecule has 6 nitrogen and oxygen atoms in total. The zero-order chi connectivity index (χ0) is 19.7. The fourth-order valence-corrected chi connectivity index (χ4v) is 3.50. The van der Waals surface area contributed by atoms with Gasteiger partial charge in [0.2, 0.25) is 0 Å². The molecule has 0 saturated heterocycles. The Bertz CT molecular complexity index is 1000. The van der Waals surface area contributed by atoms with Gasteiger partial charge >= 0.3 is 5.97 Å². The number of imide groups is 1. The molecule has 27 heavy (non-hydrogen) atoms. The van der Waals surface area contributed by atoms with E-state index in [0.29, 0.717) is 5.69 Å². The van der Waals surface area contributed by atoms with Crippen molar-refractivity contribution in [1.82, 2.24) is 0 Å². The van der Waals surface area contributed by atoms with Crippen molar-refractivity contribution < 1.29 is 19.1 Å². The number of carbonyl (C=O) groups is 3. The van der Waals surface area contributed by atoms with E-state index in [4.69, 9.17) is 11.6 Å². The summed E-state index contributed by atoms with van der Waals surface area (Å²) in [5.74, 6) is -1.82. The largest absolute Gasteiger partial charge is 0.465 e. The summed E-state index contributed by atoms with van der Waals surface area (Å²) in [6.07, 6.45) is 0. The number of nitrogens with zero attached hydrogens (tertiary/aromatic N) is 1. The maximum absolute atomic E-state index is 12.8. The topological polar surface area (TPSA) is 75.7 Å². The first-order valence-electron chi connectivity index (χ1n) is 7.83. The molecule has 0 fully saturated rings. The molecular weight excluding hydrogens is 483 g/mol. The van der Waals surface area contributed by atoms with Crippen LogP contribution in [0.3, 0.4) is 0 Å². The fraction of sp³-hybridized carbons (Fsp3) is 0.105. The first-order chi connectivity index (χ1) is 12.8. The minimum absolute atomic E-state index is 0.00514. The summed E-state index contributed by atoms with van der Waals surface area (Å²) in [6, 6.07) is 11.7. The molecule has 0 aliphatic carbocycles. The van der Waals surface area contributed by atoms with Gasteiger partial charge in [0, 0.05) is 9.26 Å². The Balaban J connectivity index is 1.93. The number of ether oxygens (including phenoxy) is 1. The lowest BCUT2D eigenvalue weighted by atomic mass is 10.2. The highest BCUT2D eigenvalue weighted by Gasteiger charge is 2.39. The number of carbonyl (C=O) groups excluding carboxylic acids is 3. The van der Waals surface area contributed by atoms with Crippen molar-refractivity contribution >= 4 is 63.4 Å². The van der Waals surface area contributed by atoms with Crippen LogP contribution in [0.5, 0.6) is 0 Å². The smallest absolute Gasteiger partial charge is 0.337 e. The number of aryl methyl sites for hydroxylation is 1. The van der Waals surface area contributed by atoms with Crippen LogP contribution in [0.1, 0.15) is 15.9 Å². The highest BCUT2D eigenvalue weighted by molar-refractivity contribution is 14.1. The SMILES string of the molecule is COC(=O)c1cccc(N2C(=O)C(Cl)=C(Nc3ccc(I)cc3C)C2=O)c1. The fourth-order valence-electron chi connectivity index (χ4n) is 2.64. The molecule has 1 heterocycles. The molecule has 8 heteroatoms. The number of halogens is 2. The third-order valence-electron chi connectivity index (χ3n) is 4.00. The zero-order valence-corrected chi connectivity index (χ0v) is 17.3. The summed E-state index contributed by atoms with van der Waals surface area (Å²) in [5, 5.41) is 2.75. The first-order valence-corrected chi connectivity index (χ1v) is 9.29. The van der Waals surface area contributed by atoms with Crippen molar-refractivity contribution in [2.45, 2.75) is 6.92 Å². The van der Waals surface area contributed by atoms with Crippen molar-refractivity contribution in [2.75, 3.05) is 17.3 Å². The number of hydrogen-bond donors (Lipinski definition) is 1. The molecular formula is C19H14ClIN2O4. The highest BCUT2D eigenvalue weighted by atomic mass is 127. The minimum atomic E-state index is -0.658. The van der Waals surface area contributed by atoms with Gasteiger partial charge in [0.1, 0.15) is 10.7 Å². The predicted molar refractivity (Wildman–Crippen MR) is 111 cm³/mol. The second-order valence-electron chi connectivity index (χ2n) is 5.76. The van der Waals surface area contributed by atoms with Gasteiger partial charge in [-0.3, -0.25) is 9.59 Å². The number of hydrogen-bond acceptors (Lipinski definition) is 5. The maximum atomic E-state index is 12.8. The van der Waals surface area contributed by atoms with Crippen LogP contribution in [0.4, 0.5) is 11.4 Å². The summed E-state index contributed by atoms with van der Waals surface area (Å²) in [5.41, 5.74) is 2.04. The van der Waals surface area contributed by atoms with Crippen LogP contribution in [-0.4, -0.2) is 24.9 Å². The van der Waals surface area contributed by atoms with E-state index >= 15 is 0 Å². The summed E-state index contributed by atoms with van der Waals surface area (Å²) in [6.45, 7) is 1.89. The monoisotopic (exact) mass is 496 g/mol. The second kappa shape index (κ2) is 7.69. The Labute approximate surface area is 174 Å². The molecule has 1 aliphatic rings. The van der Waals surface area contributed by atoms with Gasteiger partial charge in [-0.2, -0.15) is 0 Å². The third kappa shape index (κ3) is 3.70. The number of methoxy groups -OCH3 is 1. The van der Waals surface area contributed by atoms with Crippen LogP contribution < -0.4 is 10.2 Å². The molecule has 2 aromatic carbocycles. The van der Waals surface area contributed by atoms with Crippen LogP contribution in [0, 0.1) is 10.5 Å². The normalized spacial score (nSPS) is 14.0. The van der Waals surface area contributed by atoms with Crippen molar-refractivity contribution in [1.29, 1.82) is 0 Å². The van der Waals surface area contributed by atoms with Crippen LogP contribution in [0.15, 0.2) is 53.2 Å². The van der Waals surface area contributed by atoms with Crippen LogP contribution >= 0.6 is 34.2 Å². The molecule has 0 aromatic heterocycles. The highest BCUT2D eigenvalue weighted by Crippen LogP contribution is 2.31. The summed E-state index contributed by atoms with van der Waals surface area (Å²) in [4.78, 5) is 38.1. The van der Waals surface area contributed by atoms with Gasteiger partial charge in [-0.25, -0.2) is 9.69 Å². The van der Waals surface area contributed by atoms with E-state index in [1.165, 1.54) is 19.2 Å². The van der Waals surface area contributed by atoms with E-state index in [-0.39, 0.29) is 22.0 Å². The van der Waals surface area contributed by atoms with Crippen molar-refractivity contribution in [3.8, 4) is 0 Å². The minimum Gasteiger partial charge on any atom is -0.465 e. The van der Waals surface area contributed by atoms with Crippen molar-refractivity contribution in [2.24, 2.45) is 0 Å². The molecule has 0 saturated carbocycles. The van der Waals surface area contributed by atoms with E-state index in [1.54, 1.807) is 12.1 Å². The standard InChI is InChI=1S/C19H14ClIN2O4/c1-10-8-12(21)6-7-14(10)22-16-15(20)17(24)23(18(16)25)13-5-3-4-11(9-13)19(26)27-2/h3-9,22H,1-2H3. The first kappa shape index (κ1) is 19.4. The van der Waals surface area contributed by atoms with Gasteiger partial charge in [-0.15, -0.1) is 0 Å². The Hall–Kier alpha value is -2.39. The maximum Gasteiger partial charge on any atom is 0.337 e. The summed E-state index contributed by atoms with van der Waals surface area (Å²) >= 11 is 8.33. The Morgan fingerprint density at radius 2 is 1.89 bits per heavy atom. The number of rotatable bonds is 4. The number of benzene rings is 2. The molecule has 2 amide bonds. The van der Waals surface area contributed by atoms with E-state index in [1.807, 2.05) is 25.1 Å². The average Bonchev–Trinajstić information content (AvgIpc) is 2.86. The zero-order valence-electron chi connectivity index (χ0n) is 14.4.